The lowest BCUT2D eigenvalue weighted by atomic mass is 10.1. The van der Waals surface area contributed by atoms with Crippen molar-refractivity contribution in [1.82, 2.24) is 4.98 Å². The number of primary amides is 1. The highest BCUT2D eigenvalue weighted by molar-refractivity contribution is 6.06. The van der Waals surface area contributed by atoms with E-state index in [1.54, 1.807) is 18.2 Å². The number of benzene rings is 1. The van der Waals surface area contributed by atoms with E-state index in [4.69, 9.17) is 15.6 Å². The molecule has 0 spiro atoms. The summed E-state index contributed by atoms with van der Waals surface area (Å²) >= 11 is 0. The third-order valence-electron chi connectivity index (χ3n) is 2.76. The van der Waals surface area contributed by atoms with Crippen molar-refractivity contribution >= 4 is 28.6 Å². The first-order valence-electron chi connectivity index (χ1n) is 6.31. The average Bonchev–Trinajstić information content (AvgIpc) is 2.45. The Bertz CT molecular complexity index is 672. The maximum absolute atomic E-state index is 11.5. The number of hydrogen-bond donors (Lipinski definition) is 3. The van der Waals surface area contributed by atoms with Crippen LogP contribution in [0.4, 0.5) is 5.82 Å². The third kappa shape index (κ3) is 3.90. The molecule has 0 saturated heterocycles. The predicted octanol–water partition coefficient (Wildman–Crippen LogP) is 0.847. The molecule has 1 aromatic heterocycles. The molecule has 2 aromatic rings. The Kier molecular flexibility index (Phi) is 4.68. The first kappa shape index (κ1) is 14.7. The highest BCUT2D eigenvalue weighted by Gasteiger charge is 2.09. The van der Waals surface area contributed by atoms with Crippen LogP contribution in [0.5, 0.6) is 0 Å². The SMILES string of the molecule is NC(=O)c1cc(NCCOCC(=O)O)nc2ccccc12. The molecule has 4 N–H and O–H groups in total. The minimum absolute atomic E-state index is 0.215. The number of para-hydroxylation sites is 1. The van der Waals surface area contributed by atoms with E-state index < -0.39 is 11.9 Å². The van der Waals surface area contributed by atoms with Gasteiger partial charge in [-0.2, -0.15) is 0 Å². The Morgan fingerprint density at radius 3 is 2.81 bits per heavy atom. The largest absolute Gasteiger partial charge is 0.480 e. The summed E-state index contributed by atoms with van der Waals surface area (Å²) < 4.78 is 4.90. The van der Waals surface area contributed by atoms with Gasteiger partial charge in [-0.05, 0) is 12.1 Å². The van der Waals surface area contributed by atoms with Crippen molar-refractivity contribution in [2.45, 2.75) is 0 Å². The Balaban J connectivity index is 2.10. The summed E-state index contributed by atoms with van der Waals surface area (Å²) in [5.74, 6) is -1.06. The molecule has 7 nitrogen and oxygen atoms in total. The topological polar surface area (TPSA) is 115 Å². The molecular weight excluding hydrogens is 274 g/mol. The van der Waals surface area contributed by atoms with E-state index in [-0.39, 0.29) is 13.2 Å². The van der Waals surface area contributed by atoms with Gasteiger partial charge in [0.15, 0.2) is 0 Å². The molecule has 1 amide bonds. The normalized spacial score (nSPS) is 10.5. The van der Waals surface area contributed by atoms with Crippen LogP contribution in [0.1, 0.15) is 10.4 Å². The highest BCUT2D eigenvalue weighted by atomic mass is 16.5. The van der Waals surface area contributed by atoms with Crippen LogP contribution in [-0.4, -0.2) is 41.7 Å². The lowest BCUT2D eigenvalue weighted by Crippen LogP contribution is -2.16. The highest BCUT2D eigenvalue weighted by Crippen LogP contribution is 2.20. The van der Waals surface area contributed by atoms with Crippen molar-refractivity contribution in [1.29, 1.82) is 0 Å². The number of aliphatic carboxylic acids is 1. The van der Waals surface area contributed by atoms with Gasteiger partial charge in [0.2, 0.25) is 5.91 Å². The van der Waals surface area contributed by atoms with Crippen LogP contribution in [0.15, 0.2) is 30.3 Å². The fourth-order valence-electron chi connectivity index (χ4n) is 1.88. The number of aromatic nitrogens is 1. The summed E-state index contributed by atoms with van der Waals surface area (Å²) in [4.78, 5) is 26.1. The molecule has 0 aliphatic heterocycles. The Morgan fingerprint density at radius 2 is 2.10 bits per heavy atom. The average molecular weight is 289 g/mol. The van der Waals surface area contributed by atoms with Crippen molar-refractivity contribution in [3.8, 4) is 0 Å². The van der Waals surface area contributed by atoms with Crippen LogP contribution in [0.2, 0.25) is 0 Å². The first-order chi connectivity index (χ1) is 10.1. The maximum atomic E-state index is 11.5. The second-order valence-corrected chi connectivity index (χ2v) is 4.31. The van der Waals surface area contributed by atoms with Crippen molar-refractivity contribution in [2.24, 2.45) is 5.73 Å². The number of ether oxygens (including phenoxy) is 1. The standard InChI is InChI=1S/C14H15N3O4/c15-14(20)10-7-12(16-5-6-21-8-13(18)19)17-11-4-2-1-3-9(10)11/h1-4,7H,5-6,8H2,(H2,15,20)(H,16,17)(H,18,19). The molecule has 0 fully saturated rings. The van der Waals surface area contributed by atoms with Crippen molar-refractivity contribution in [3.05, 3.63) is 35.9 Å². The summed E-state index contributed by atoms with van der Waals surface area (Å²) in [6.07, 6.45) is 0. The molecule has 0 unspecified atom stereocenters. The molecule has 0 radical (unpaired) electrons. The van der Waals surface area contributed by atoms with E-state index in [1.165, 1.54) is 0 Å². The van der Waals surface area contributed by atoms with Crippen LogP contribution >= 0.6 is 0 Å². The van der Waals surface area contributed by atoms with E-state index in [0.29, 0.717) is 28.8 Å². The van der Waals surface area contributed by atoms with Gasteiger partial charge in [-0.3, -0.25) is 4.79 Å². The number of nitrogens with one attached hydrogen (secondary N) is 1. The van der Waals surface area contributed by atoms with E-state index in [2.05, 4.69) is 10.3 Å². The van der Waals surface area contributed by atoms with E-state index in [0.717, 1.165) is 0 Å². The van der Waals surface area contributed by atoms with Gasteiger partial charge in [0.1, 0.15) is 12.4 Å². The van der Waals surface area contributed by atoms with Gasteiger partial charge in [0.25, 0.3) is 0 Å². The second kappa shape index (κ2) is 6.67. The smallest absolute Gasteiger partial charge is 0.329 e. The number of nitrogens with two attached hydrogens (primary N) is 1. The monoisotopic (exact) mass is 289 g/mol. The van der Waals surface area contributed by atoms with Crippen molar-refractivity contribution in [3.63, 3.8) is 0 Å². The molecule has 21 heavy (non-hydrogen) atoms. The molecule has 7 heteroatoms. The molecule has 1 heterocycles. The number of fused-ring (bicyclic) bond motifs is 1. The number of anilines is 1. The number of carboxylic acid groups (broad SMARTS) is 1. The lowest BCUT2D eigenvalue weighted by Gasteiger charge is -2.09. The van der Waals surface area contributed by atoms with Crippen molar-refractivity contribution in [2.75, 3.05) is 25.1 Å². The number of carbonyl (C=O) groups is 2. The number of pyridine rings is 1. The van der Waals surface area contributed by atoms with Gasteiger partial charge >= 0.3 is 5.97 Å². The maximum Gasteiger partial charge on any atom is 0.329 e. The quantitative estimate of drug-likeness (QED) is 0.651. The summed E-state index contributed by atoms with van der Waals surface area (Å²) in [6, 6.07) is 8.76. The Morgan fingerprint density at radius 1 is 1.33 bits per heavy atom. The number of carbonyl (C=O) groups excluding carboxylic acids is 1. The molecule has 1 aromatic carbocycles. The van der Waals surface area contributed by atoms with Crippen molar-refractivity contribution < 1.29 is 19.4 Å². The Labute approximate surface area is 120 Å². The van der Waals surface area contributed by atoms with Gasteiger partial charge in [0, 0.05) is 11.9 Å². The van der Waals surface area contributed by atoms with Gasteiger partial charge in [-0.1, -0.05) is 18.2 Å². The summed E-state index contributed by atoms with van der Waals surface area (Å²) in [5.41, 5.74) is 6.41. The van der Waals surface area contributed by atoms with E-state index in [9.17, 15) is 9.59 Å². The molecule has 2 rings (SSSR count). The molecule has 0 aliphatic carbocycles. The van der Waals surface area contributed by atoms with E-state index in [1.807, 2.05) is 12.1 Å². The zero-order chi connectivity index (χ0) is 15.2. The summed E-state index contributed by atoms with van der Waals surface area (Å²) in [7, 11) is 0. The zero-order valence-electron chi connectivity index (χ0n) is 11.2. The van der Waals surface area contributed by atoms with Gasteiger partial charge in [-0.15, -0.1) is 0 Å². The fraction of sp³-hybridized carbons (Fsp3) is 0.214. The second-order valence-electron chi connectivity index (χ2n) is 4.31. The molecule has 0 atom stereocenters. The first-order valence-corrected chi connectivity index (χ1v) is 6.31. The molecule has 0 aliphatic rings. The predicted molar refractivity (Wildman–Crippen MR) is 77.2 cm³/mol. The Hall–Kier alpha value is -2.67. The number of amides is 1. The minimum Gasteiger partial charge on any atom is -0.480 e. The molecule has 110 valence electrons. The zero-order valence-corrected chi connectivity index (χ0v) is 11.2. The summed E-state index contributed by atoms with van der Waals surface area (Å²) in [6.45, 7) is 0.239. The number of nitrogens with zero attached hydrogens (tertiary/aromatic N) is 1. The van der Waals surface area contributed by atoms with Crippen LogP contribution in [0.25, 0.3) is 10.9 Å². The number of carboxylic acids is 1. The van der Waals surface area contributed by atoms with Crippen LogP contribution in [-0.2, 0) is 9.53 Å². The lowest BCUT2D eigenvalue weighted by molar-refractivity contribution is -0.142. The van der Waals surface area contributed by atoms with Crippen LogP contribution < -0.4 is 11.1 Å². The van der Waals surface area contributed by atoms with Gasteiger partial charge in [-0.25, -0.2) is 9.78 Å². The minimum atomic E-state index is -1.02. The third-order valence-corrected chi connectivity index (χ3v) is 2.76. The van der Waals surface area contributed by atoms with Gasteiger partial charge < -0.3 is 20.9 Å². The molecule has 0 bridgehead atoms. The van der Waals surface area contributed by atoms with Crippen LogP contribution in [0.3, 0.4) is 0 Å². The molecule has 0 saturated carbocycles. The van der Waals surface area contributed by atoms with Gasteiger partial charge in [0.05, 0.1) is 17.7 Å². The number of hydrogen-bond acceptors (Lipinski definition) is 5. The summed E-state index contributed by atoms with van der Waals surface area (Å²) in [5, 5.41) is 12.1. The fourth-order valence-corrected chi connectivity index (χ4v) is 1.88. The van der Waals surface area contributed by atoms with E-state index >= 15 is 0 Å². The van der Waals surface area contributed by atoms with Crippen LogP contribution in [0, 0.1) is 0 Å². The number of rotatable bonds is 7. The molecular formula is C14H15N3O4.